The molecule has 2 aromatic carbocycles. The van der Waals surface area contributed by atoms with Gasteiger partial charge in [0.25, 0.3) is 0 Å². The SMILES string of the molecule is CN(C)c1ccc(/C=N\Nc2nc3ccccc3s2)cc1Br. The molecule has 0 spiro atoms. The maximum absolute atomic E-state index is 4.48. The molecule has 0 bridgehead atoms. The largest absolute Gasteiger partial charge is 0.377 e. The van der Waals surface area contributed by atoms with E-state index in [1.165, 1.54) is 0 Å². The standard InChI is InChI=1S/C16H15BrN4S/c1-21(2)14-8-7-11(9-12(14)17)10-18-20-16-19-13-5-3-4-6-15(13)22-16/h3-10H,1-2H3,(H,19,20)/b18-10-. The number of hydrogen-bond acceptors (Lipinski definition) is 5. The zero-order valence-electron chi connectivity index (χ0n) is 12.2. The second-order valence-electron chi connectivity index (χ2n) is 4.96. The number of nitrogens with one attached hydrogen (secondary N) is 1. The van der Waals surface area contributed by atoms with Crippen molar-refractivity contribution in [2.45, 2.75) is 0 Å². The minimum atomic E-state index is 0.793. The Morgan fingerprint density at radius 1 is 1.23 bits per heavy atom. The first kappa shape index (κ1) is 15.0. The second-order valence-corrected chi connectivity index (χ2v) is 6.85. The molecular weight excluding hydrogens is 360 g/mol. The first-order valence-electron chi connectivity index (χ1n) is 6.75. The third-order valence-electron chi connectivity index (χ3n) is 3.12. The van der Waals surface area contributed by atoms with Crippen LogP contribution in [0.25, 0.3) is 10.2 Å². The van der Waals surface area contributed by atoms with Gasteiger partial charge < -0.3 is 4.90 Å². The average Bonchev–Trinajstić information content (AvgIpc) is 2.89. The Labute approximate surface area is 141 Å². The molecule has 0 saturated carbocycles. The summed E-state index contributed by atoms with van der Waals surface area (Å²) < 4.78 is 2.19. The number of fused-ring (bicyclic) bond motifs is 1. The van der Waals surface area contributed by atoms with Gasteiger partial charge in [-0.25, -0.2) is 4.98 Å². The molecule has 0 atom stereocenters. The molecule has 6 heteroatoms. The van der Waals surface area contributed by atoms with E-state index in [9.17, 15) is 0 Å². The van der Waals surface area contributed by atoms with Gasteiger partial charge in [-0.1, -0.05) is 29.5 Å². The number of halogens is 1. The number of aromatic nitrogens is 1. The van der Waals surface area contributed by atoms with Crippen molar-refractivity contribution in [3.05, 3.63) is 52.5 Å². The van der Waals surface area contributed by atoms with E-state index in [4.69, 9.17) is 0 Å². The van der Waals surface area contributed by atoms with Crippen LogP contribution in [0.4, 0.5) is 10.8 Å². The molecule has 3 aromatic rings. The summed E-state index contributed by atoms with van der Waals surface area (Å²) in [4.78, 5) is 6.54. The molecule has 0 saturated heterocycles. The smallest absolute Gasteiger partial charge is 0.204 e. The Hall–Kier alpha value is -1.92. The second kappa shape index (κ2) is 6.46. The topological polar surface area (TPSA) is 40.5 Å². The lowest BCUT2D eigenvalue weighted by Crippen LogP contribution is -2.09. The van der Waals surface area contributed by atoms with Gasteiger partial charge in [0.2, 0.25) is 5.13 Å². The van der Waals surface area contributed by atoms with Gasteiger partial charge in [0.05, 0.1) is 22.1 Å². The molecule has 0 fully saturated rings. The zero-order chi connectivity index (χ0) is 15.5. The first-order chi connectivity index (χ1) is 10.6. The minimum Gasteiger partial charge on any atom is -0.377 e. The van der Waals surface area contributed by atoms with Crippen LogP contribution in [0.5, 0.6) is 0 Å². The Balaban J connectivity index is 1.73. The van der Waals surface area contributed by atoms with Gasteiger partial charge in [0.15, 0.2) is 0 Å². The molecule has 0 amide bonds. The van der Waals surface area contributed by atoms with Crippen LogP contribution in [0.3, 0.4) is 0 Å². The van der Waals surface area contributed by atoms with Crippen molar-refractivity contribution in [3.63, 3.8) is 0 Å². The zero-order valence-corrected chi connectivity index (χ0v) is 14.6. The number of benzene rings is 2. The monoisotopic (exact) mass is 374 g/mol. The number of hydrogen-bond donors (Lipinski definition) is 1. The van der Waals surface area contributed by atoms with Crippen molar-refractivity contribution in [1.82, 2.24) is 4.98 Å². The molecule has 0 aliphatic rings. The Morgan fingerprint density at radius 3 is 2.77 bits per heavy atom. The van der Waals surface area contributed by atoms with Crippen LogP contribution in [0.1, 0.15) is 5.56 Å². The number of thiazole rings is 1. The highest BCUT2D eigenvalue weighted by Gasteiger charge is 2.03. The molecule has 3 rings (SSSR count). The summed E-state index contributed by atoms with van der Waals surface area (Å²) in [7, 11) is 4.03. The molecule has 1 aromatic heterocycles. The maximum atomic E-state index is 4.48. The number of nitrogens with zero attached hydrogens (tertiary/aromatic N) is 3. The van der Waals surface area contributed by atoms with Gasteiger partial charge in [0, 0.05) is 18.6 Å². The fraction of sp³-hybridized carbons (Fsp3) is 0.125. The summed E-state index contributed by atoms with van der Waals surface area (Å²) in [6.45, 7) is 0. The lowest BCUT2D eigenvalue weighted by Gasteiger charge is -2.14. The van der Waals surface area contributed by atoms with E-state index in [0.29, 0.717) is 0 Å². The van der Waals surface area contributed by atoms with Gasteiger partial charge in [-0.05, 0) is 45.8 Å². The van der Waals surface area contributed by atoms with Crippen molar-refractivity contribution in [2.24, 2.45) is 5.10 Å². The van der Waals surface area contributed by atoms with Crippen LogP contribution in [0, 0.1) is 0 Å². The molecule has 112 valence electrons. The third kappa shape index (κ3) is 3.28. The molecular formula is C16H15BrN4S. The van der Waals surface area contributed by atoms with E-state index in [1.807, 2.05) is 44.4 Å². The highest BCUT2D eigenvalue weighted by Crippen LogP contribution is 2.26. The fourth-order valence-electron chi connectivity index (χ4n) is 2.05. The highest BCUT2D eigenvalue weighted by atomic mass is 79.9. The Bertz CT molecular complexity index is 793. The normalized spacial score (nSPS) is 11.2. The van der Waals surface area contributed by atoms with Crippen LogP contribution >= 0.6 is 27.3 Å². The van der Waals surface area contributed by atoms with Crippen molar-refractivity contribution < 1.29 is 0 Å². The fourth-order valence-corrected chi connectivity index (χ4v) is 3.61. The number of rotatable bonds is 4. The maximum Gasteiger partial charge on any atom is 0.204 e. The van der Waals surface area contributed by atoms with E-state index >= 15 is 0 Å². The minimum absolute atomic E-state index is 0.793. The first-order valence-corrected chi connectivity index (χ1v) is 8.36. The van der Waals surface area contributed by atoms with Crippen molar-refractivity contribution in [2.75, 3.05) is 24.4 Å². The van der Waals surface area contributed by atoms with E-state index in [1.54, 1.807) is 17.6 Å². The quantitative estimate of drug-likeness (QED) is 0.536. The molecule has 0 aliphatic heterocycles. The number of anilines is 2. The molecule has 22 heavy (non-hydrogen) atoms. The summed E-state index contributed by atoms with van der Waals surface area (Å²) in [6, 6.07) is 14.2. The van der Waals surface area contributed by atoms with E-state index in [2.05, 4.69) is 48.5 Å². The summed E-state index contributed by atoms with van der Waals surface area (Å²) in [6.07, 6.45) is 1.79. The molecule has 0 unspecified atom stereocenters. The van der Waals surface area contributed by atoms with Crippen LogP contribution in [-0.2, 0) is 0 Å². The Kier molecular flexibility index (Phi) is 4.40. The molecule has 1 N–H and O–H groups in total. The summed E-state index contributed by atoms with van der Waals surface area (Å²) in [5.74, 6) is 0. The van der Waals surface area contributed by atoms with E-state index in [-0.39, 0.29) is 0 Å². The van der Waals surface area contributed by atoms with Gasteiger partial charge in [-0.3, -0.25) is 5.43 Å². The number of hydrazone groups is 1. The van der Waals surface area contributed by atoms with Gasteiger partial charge >= 0.3 is 0 Å². The predicted octanol–water partition coefficient (Wildman–Crippen LogP) is 4.57. The average molecular weight is 375 g/mol. The molecule has 0 radical (unpaired) electrons. The molecule has 4 nitrogen and oxygen atoms in total. The summed E-state index contributed by atoms with van der Waals surface area (Å²) in [5.41, 5.74) is 6.13. The van der Waals surface area contributed by atoms with Crippen LogP contribution in [0.2, 0.25) is 0 Å². The van der Waals surface area contributed by atoms with E-state index in [0.717, 1.165) is 31.1 Å². The van der Waals surface area contributed by atoms with Crippen LogP contribution in [-0.4, -0.2) is 25.3 Å². The lowest BCUT2D eigenvalue weighted by atomic mass is 10.2. The third-order valence-corrected chi connectivity index (χ3v) is 4.70. The van der Waals surface area contributed by atoms with Crippen molar-refractivity contribution >= 4 is 54.5 Å². The number of para-hydroxylation sites is 1. The van der Waals surface area contributed by atoms with Crippen LogP contribution in [0.15, 0.2) is 52.0 Å². The summed E-state index contributed by atoms with van der Waals surface area (Å²) in [5, 5.41) is 5.05. The van der Waals surface area contributed by atoms with E-state index < -0.39 is 0 Å². The highest BCUT2D eigenvalue weighted by molar-refractivity contribution is 9.10. The molecule has 1 heterocycles. The van der Waals surface area contributed by atoms with Gasteiger partial charge in [-0.2, -0.15) is 5.10 Å². The van der Waals surface area contributed by atoms with Crippen molar-refractivity contribution in [1.29, 1.82) is 0 Å². The summed E-state index contributed by atoms with van der Waals surface area (Å²) >= 11 is 5.16. The van der Waals surface area contributed by atoms with Crippen molar-refractivity contribution in [3.8, 4) is 0 Å². The van der Waals surface area contributed by atoms with Crippen LogP contribution < -0.4 is 10.3 Å². The van der Waals surface area contributed by atoms with Gasteiger partial charge in [-0.15, -0.1) is 0 Å². The lowest BCUT2D eigenvalue weighted by molar-refractivity contribution is 1.12. The van der Waals surface area contributed by atoms with Gasteiger partial charge in [0.1, 0.15) is 0 Å². The Morgan fingerprint density at radius 2 is 2.05 bits per heavy atom. The predicted molar refractivity (Wildman–Crippen MR) is 99.3 cm³/mol. The molecule has 0 aliphatic carbocycles.